The number of hydrogen-bond donors (Lipinski definition) is 0. The molecule has 216 valence electrons. The molecule has 7 heteroatoms. The van der Waals surface area contributed by atoms with Crippen molar-refractivity contribution in [3.05, 3.63) is 98.8 Å². The van der Waals surface area contributed by atoms with Crippen molar-refractivity contribution in [2.24, 2.45) is 11.3 Å². The molecule has 2 aliphatic heterocycles. The zero-order valence-electron chi connectivity index (χ0n) is 23.9. The molecule has 0 N–H and O–H groups in total. The third kappa shape index (κ3) is 5.86. The van der Waals surface area contributed by atoms with E-state index in [0.717, 1.165) is 43.5 Å². The molecule has 1 aliphatic carbocycles. The summed E-state index contributed by atoms with van der Waals surface area (Å²) in [6, 6.07) is 19.4. The third-order valence-corrected chi connectivity index (χ3v) is 9.61. The second-order valence-electron chi connectivity index (χ2n) is 12.7. The second-order valence-corrected chi connectivity index (χ2v) is 13.5. The summed E-state index contributed by atoms with van der Waals surface area (Å²) in [5.41, 5.74) is 3.25. The van der Waals surface area contributed by atoms with Crippen LogP contribution in [0.25, 0.3) is 0 Å². The lowest BCUT2D eigenvalue weighted by Gasteiger charge is -2.51. The van der Waals surface area contributed by atoms with Crippen molar-refractivity contribution in [1.29, 1.82) is 0 Å². The first-order chi connectivity index (χ1) is 19.6. The number of hydrogen-bond acceptors (Lipinski definition) is 3. The largest absolute Gasteiger partial charge is 0.493 e. The van der Waals surface area contributed by atoms with Gasteiger partial charge in [0.2, 0.25) is 0 Å². The van der Waals surface area contributed by atoms with E-state index in [1.54, 1.807) is 12.1 Å². The molecule has 3 fully saturated rings. The van der Waals surface area contributed by atoms with Crippen LogP contribution in [0.3, 0.4) is 0 Å². The molecule has 1 saturated carbocycles. The highest BCUT2D eigenvalue weighted by atomic mass is 35.5. The van der Waals surface area contributed by atoms with Crippen molar-refractivity contribution in [3.63, 3.8) is 0 Å². The molecule has 0 bridgehead atoms. The number of rotatable bonds is 8. The minimum atomic E-state index is -0.497. The van der Waals surface area contributed by atoms with E-state index in [1.807, 2.05) is 35.2 Å². The smallest absolute Gasteiger partial charge is 0.257 e. The van der Waals surface area contributed by atoms with Gasteiger partial charge in [0.1, 0.15) is 11.6 Å². The summed E-state index contributed by atoms with van der Waals surface area (Å²) in [7, 11) is 0. The Morgan fingerprint density at radius 3 is 2.29 bits per heavy atom. The van der Waals surface area contributed by atoms with Crippen LogP contribution in [0, 0.1) is 17.2 Å². The molecule has 6 rings (SSSR count). The van der Waals surface area contributed by atoms with Crippen LogP contribution in [-0.2, 0) is 0 Å². The van der Waals surface area contributed by atoms with Crippen LogP contribution in [0.2, 0.25) is 10.0 Å². The fourth-order valence-corrected chi connectivity index (χ4v) is 7.10. The number of ether oxygens (including phenoxy) is 1. The van der Waals surface area contributed by atoms with E-state index in [0.29, 0.717) is 40.8 Å². The lowest BCUT2D eigenvalue weighted by atomic mass is 9.79. The van der Waals surface area contributed by atoms with E-state index < -0.39 is 5.82 Å². The Balaban J connectivity index is 1.18. The summed E-state index contributed by atoms with van der Waals surface area (Å²) >= 11 is 12.8. The molecule has 3 aromatic rings. The minimum Gasteiger partial charge on any atom is -0.493 e. The molecule has 0 aromatic heterocycles. The van der Waals surface area contributed by atoms with Crippen molar-refractivity contribution in [2.45, 2.75) is 58.0 Å². The van der Waals surface area contributed by atoms with Crippen LogP contribution in [0.5, 0.6) is 5.75 Å². The Morgan fingerprint density at radius 1 is 1.00 bits per heavy atom. The van der Waals surface area contributed by atoms with E-state index in [9.17, 15) is 4.79 Å². The van der Waals surface area contributed by atoms with Gasteiger partial charge in [0.25, 0.3) is 5.91 Å². The summed E-state index contributed by atoms with van der Waals surface area (Å²) in [5, 5.41) is 1.23. The first kappa shape index (κ1) is 28.5. The van der Waals surface area contributed by atoms with Gasteiger partial charge in [-0.3, -0.25) is 9.69 Å². The first-order valence-electron chi connectivity index (χ1n) is 14.6. The maximum atomic E-state index is 15.4. The van der Waals surface area contributed by atoms with Gasteiger partial charge in [-0.1, -0.05) is 67.4 Å². The maximum absolute atomic E-state index is 15.4. The van der Waals surface area contributed by atoms with Crippen LogP contribution < -0.4 is 4.74 Å². The van der Waals surface area contributed by atoms with Crippen LogP contribution in [0.15, 0.2) is 60.7 Å². The van der Waals surface area contributed by atoms with E-state index in [1.165, 1.54) is 11.6 Å². The van der Waals surface area contributed by atoms with Crippen molar-refractivity contribution in [2.75, 3.05) is 26.2 Å². The van der Waals surface area contributed by atoms with E-state index in [-0.39, 0.29) is 29.0 Å². The Labute approximate surface area is 252 Å². The van der Waals surface area contributed by atoms with Gasteiger partial charge in [0.05, 0.1) is 18.2 Å². The van der Waals surface area contributed by atoms with Gasteiger partial charge in [-0.15, -0.1) is 0 Å². The number of benzene rings is 3. The summed E-state index contributed by atoms with van der Waals surface area (Å²) in [6.45, 7) is 9.16. The minimum absolute atomic E-state index is 0.0148. The van der Waals surface area contributed by atoms with E-state index >= 15 is 4.39 Å². The number of carbonyl (C=O) groups excluding carboxylic acids is 1. The molecule has 2 heterocycles. The average Bonchev–Trinajstić information content (AvgIpc) is 3.71. The molecule has 1 amide bonds. The molecule has 41 heavy (non-hydrogen) atoms. The number of carbonyl (C=O) groups is 1. The number of amides is 1. The molecule has 3 aliphatic rings. The van der Waals surface area contributed by atoms with Crippen molar-refractivity contribution in [3.8, 4) is 5.75 Å². The SMILES string of the molecule is C[C@@H]1[C@@H](C)CCN1C(=O)c1cc(C2CC2)c(OCC2(C)CN([C@H](c3ccccc3)c3cc(Cl)cc(Cl)c3)C2)cc1F. The highest BCUT2D eigenvalue weighted by molar-refractivity contribution is 6.34. The Hall–Kier alpha value is -2.60. The summed E-state index contributed by atoms with van der Waals surface area (Å²) < 4.78 is 21.8. The summed E-state index contributed by atoms with van der Waals surface area (Å²) in [4.78, 5) is 17.5. The van der Waals surface area contributed by atoms with Gasteiger partial charge in [0, 0.05) is 47.2 Å². The van der Waals surface area contributed by atoms with Crippen molar-refractivity contribution >= 4 is 29.1 Å². The van der Waals surface area contributed by atoms with Crippen molar-refractivity contribution < 1.29 is 13.9 Å². The zero-order chi connectivity index (χ0) is 28.9. The molecular formula is C34H37Cl2FN2O2. The molecule has 2 saturated heterocycles. The Morgan fingerprint density at radius 2 is 1.68 bits per heavy atom. The fraction of sp³-hybridized carbons (Fsp3) is 0.441. The second kappa shape index (κ2) is 11.2. The lowest BCUT2D eigenvalue weighted by molar-refractivity contribution is -0.0379. The normalized spacial score (nSPS) is 22.8. The summed E-state index contributed by atoms with van der Waals surface area (Å²) in [5.74, 6) is 0.622. The number of likely N-dealkylation sites (tertiary alicyclic amines) is 2. The maximum Gasteiger partial charge on any atom is 0.257 e. The molecule has 0 unspecified atom stereocenters. The topological polar surface area (TPSA) is 32.8 Å². The van der Waals surface area contributed by atoms with Gasteiger partial charge in [-0.05, 0) is 79.0 Å². The standard InChI is InChI=1S/C34H37Cl2FN2O2/c1-21-11-12-39(22(21)2)33(40)29-16-28(23-9-10-23)31(17-30(29)37)41-20-34(3)18-38(19-34)32(24-7-5-4-6-8-24)25-13-26(35)15-27(36)14-25/h4-8,13-17,21-23,32H,9-12,18-20H2,1-3H3/t21-,22+,32+/m0/s1. The molecular weight excluding hydrogens is 558 g/mol. The van der Waals surface area contributed by atoms with Crippen LogP contribution in [0.4, 0.5) is 4.39 Å². The van der Waals surface area contributed by atoms with Gasteiger partial charge in [-0.2, -0.15) is 0 Å². The fourth-order valence-electron chi connectivity index (χ4n) is 6.55. The van der Waals surface area contributed by atoms with Gasteiger partial charge in [0.15, 0.2) is 0 Å². The monoisotopic (exact) mass is 594 g/mol. The predicted octanol–water partition coefficient (Wildman–Crippen LogP) is 8.37. The molecule has 4 nitrogen and oxygen atoms in total. The summed E-state index contributed by atoms with van der Waals surface area (Å²) in [6.07, 6.45) is 3.04. The van der Waals surface area contributed by atoms with Gasteiger partial charge >= 0.3 is 0 Å². The Bertz CT molecular complexity index is 1420. The predicted molar refractivity (Wildman–Crippen MR) is 163 cm³/mol. The molecule has 0 spiro atoms. The highest BCUT2D eigenvalue weighted by Gasteiger charge is 2.44. The van der Waals surface area contributed by atoms with Crippen LogP contribution in [-0.4, -0.2) is 48.0 Å². The average molecular weight is 596 g/mol. The zero-order valence-corrected chi connectivity index (χ0v) is 25.4. The number of nitrogens with zero attached hydrogens (tertiary/aromatic N) is 2. The van der Waals surface area contributed by atoms with Crippen molar-refractivity contribution in [1.82, 2.24) is 9.80 Å². The third-order valence-electron chi connectivity index (χ3n) is 9.18. The lowest BCUT2D eigenvalue weighted by Crippen LogP contribution is -2.58. The Kier molecular flexibility index (Phi) is 7.82. The van der Waals surface area contributed by atoms with Crippen LogP contribution in [0.1, 0.15) is 79.0 Å². The highest BCUT2D eigenvalue weighted by Crippen LogP contribution is 2.47. The van der Waals surface area contributed by atoms with Gasteiger partial charge in [-0.25, -0.2) is 4.39 Å². The number of halogens is 3. The molecule has 3 atom stereocenters. The first-order valence-corrected chi connectivity index (χ1v) is 15.4. The molecule has 0 radical (unpaired) electrons. The van der Waals surface area contributed by atoms with Gasteiger partial charge < -0.3 is 9.64 Å². The van der Waals surface area contributed by atoms with Crippen LogP contribution >= 0.6 is 23.2 Å². The van der Waals surface area contributed by atoms with E-state index in [2.05, 4.69) is 37.8 Å². The van der Waals surface area contributed by atoms with E-state index in [4.69, 9.17) is 27.9 Å². The molecule has 3 aromatic carbocycles. The quantitative estimate of drug-likeness (QED) is 0.262.